The summed E-state index contributed by atoms with van der Waals surface area (Å²) < 4.78 is 5.05. The standard InChI is InChI=1S/C14H20N2O4/c1-9(17)8-15-13(18)14(19)16-10(2)11-4-6-12(20-3)7-5-11/h4-7,9-10,17H,8H2,1-3H3,(H,15,18)(H,16,19). The first-order chi connectivity index (χ1) is 9.43. The number of amides is 2. The van der Waals surface area contributed by atoms with Gasteiger partial charge in [-0.25, -0.2) is 0 Å². The number of carbonyl (C=O) groups is 2. The van der Waals surface area contributed by atoms with Crippen LogP contribution in [-0.2, 0) is 9.59 Å². The van der Waals surface area contributed by atoms with Gasteiger partial charge in [0.25, 0.3) is 0 Å². The van der Waals surface area contributed by atoms with Gasteiger partial charge in [-0.05, 0) is 31.5 Å². The molecule has 1 aromatic carbocycles. The summed E-state index contributed by atoms with van der Waals surface area (Å²) in [6, 6.07) is 6.90. The molecule has 0 saturated heterocycles. The number of aliphatic hydroxyl groups excluding tert-OH is 1. The molecule has 6 nitrogen and oxygen atoms in total. The monoisotopic (exact) mass is 280 g/mol. The van der Waals surface area contributed by atoms with E-state index in [1.54, 1.807) is 26.2 Å². The van der Waals surface area contributed by atoms with Crippen LogP contribution in [0.3, 0.4) is 0 Å². The van der Waals surface area contributed by atoms with Crippen LogP contribution in [-0.4, -0.2) is 36.7 Å². The Morgan fingerprint density at radius 3 is 2.30 bits per heavy atom. The topological polar surface area (TPSA) is 87.7 Å². The molecule has 0 aromatic heterocycles. The largest absolute Gasteiger partial charge is 0.497 e. The molecule has 0 fully saturated rings. The van der Waals surface area contributed by atoms with E-state index >= 15 is 0 Å². The van der Waals surface area contributed by atoms with Gasteiger partial charge in [-0.2, -0.15) is 0 Å². The van der Waals surface area contributed by atoms with Crippen LogP contribution < -0.4 is 15.4 Å². The van der Waals surface area contributed by atoms with Crippen molar-refractivity contribution >= 4 is 11.8 Å². The summed E-state index contributed by atoms with van der Waals surface area (Å²) >= 11 is 0. The SMILES string of the molecule is COc1ccc(C(C)NC(=O)C(=O)NCC(C)O)cc1. The summed E-state index contributed by atoms with van der Waals surface area (Å²) in [4.78, 5) is 23.1. The van der Waals surface area contributed by atoms with Crippen LogP contribution in [0.1, 0.15) is 25.5 Å². The lowest BCUT2D eigenvalue weighted by atomic mass is 10.1. The minimum Gasteiger partial charge on any atom is -0.497 e. The van der Waals surface area contributed by atoms with Crippen LogP contribution in [0.15, 0.2) is 24.3 Å². The Hall–Kier alpha value is -2.08. The average molecular weight is 280 g/mol. The highest BCUT2D eigenvalue weighted by Gasteiger charge is 2.17. The van der Waals surface area contributed by atoms with Crippen LogP contribution in [0.4, 0.5) is 0 Å². The molecule has 0 aliphatic rings. The van der Waals surface area contributed by atoms with Crippen molar-refractivity contribution in [2.75, 3.05) is 13.7 Å². The molecule has 20 heavy (non-hydrogen) atoms. The van der Waals surface area contributed by atoms with Crippen LogP contribution in [0.5, 0.6) is 5.75 Å². The van der Waals surface area contributed by atoms with E-state index in [1.165, 1.54) is 6.92 Å². The molecule has 2 amide bonds. The zero-order valence-electron chi connectivity index (χ0n) is 11.8. The first kappa shape index (κ1) is 16.0. The minimum atomic E-state index is -0.758. The molecule has 0 saturated carbocycles. The van der Waals surface area contributed by atoms with E-state index in [2.05, 4.69) is 10.6 Å². The van der Waals surface area contributed by atoms with Gasteiger partial charge in [-0.1, -0.05) is 12.1 Å². The molecular weight excluding hydrogens is 260 g/mol. The van der Waals surface area contributed by atoms with Crippen molar-refractivity contribution < 1.29 is 19.4 Å². The molecular formula is C14H20N2O4. The molecule has 3 N–H and O–H groups in total. The molecule has 0 radical (unpaired) electrons. The normalized spacial score (nSPS) is 13.2. The zero-order chi connectivity index (χ0) is 15.1. The highest BCUT2D eigenvalue weighted by molar-refractivity contribution is 6.35. The van der Waals surface area contributed by atoms with Gasteiger partial charge < -0.3 is 20.5 Å². The number of methoxy groups -OCH3 is 1. The van der Waals surface area contributed by atoms with Gasteiger partial charge in [-0.15, -0.1) is 0 Å². The first-order valence-electron chi connectivity index (χ1n) is 6.34. The lowest BCUT2D eigenvalue weighted by Gasteiger charge is -2.14. The van der Waals surface area contributed by atoms with Crippen molar-refractivity contribution in [2.45, 2.75) is 26.0 Å². The van der Waals surface area contributed by atoms with E-state index in [9.17, 15) is 9.59 Å². The summed E-state index contributed by atoms with van der Waals surface area (Å²) in [5.74, 6) is -0.762. The third-order valence-corrected chi connectivity index (χ3v) is 2.73. The molecule has 0 bridgehead atoms. The van der Waals surface area contributed by atoms with Crippen molar-refractivity contribution in [1.29, 1.82) is 0 Å². The number of rotatable bonds is 5. The number of hydrogen-bond donors (Lipinski definition) is 3. The predicted octanol–water partition coefficient (Wildman–Crippen LogP) is 0.369. The molecule has 0 aliphatic heterocycles. The van der Waals surface area contributed by atoms with Crippen LogP contribution in [0.2, 0.25) is 0 Å². The maximum absolute atomic E-state index is 11.6. The quantitative estimate of drug-likeness (QED) is 0.680. The fraction of sp³-hybridized carbons (Fsp3) is 0.429. The molecule has 0 aliphatic carbocycles. The van der Waals surface area contributed by atoms with E-state index in [-0.39, 0.29) is 12.6 Å². The summed E-state index contributed by atoms with van der Waals surface area (Å²) in [6.45, 7) is 3.35. The van der Waals surface area contributed by atoms with Gasteiger partial charge in [0.15, 0.2) is 0 Å². The average Bonchev–Trinajstić information content (AvgIpc) is 2.44. The fourth-order valence-electron chi connectivity index (χ4n) is 1.56. The fourth-order valence-corrected chi connectivity index (χ4v) is 1.56. The second-order valence-electron chi connectivity index (χ2n) is 4.53. The summed E-state index contributed by atoms with van der Waals surface area (Å²) in [6.07, 6.45) is -0.689. The summed E-state index contributed by atoms with van der Waals surface area (Å²) in [7, 11) is 1.58. The van der Waals surface area contributed by atoms with Gasteiger partial charge in [0.1, 0.15) is 5.75 Å². The molecule has 1 rings (SSSR count). The van der Waals surface area contributed by atoms with Gasteiger partial charge >= 0.3 is 11.8 Å². The van der Waals surface area contributed by atoms with Gasteiger partial charge in [0.05, 0.1) is 19.3 Å². The smallest absolute Gasteiger partial charge is 0.309 e. The minimum absolute atomic E-state index is 0.0448. The zero-order valence-corrected chi connectivity index (χ0v) is 11.8. The number of nitrogens with one attached hydrogen (secondary N) is 2. The van der Waals surface area contributed by atoms with E-state index in [0.717, 1.165) is 11.3 Å². The van der Waals surface area contributed by atoms with Crippen molar-refractivity contribution in [1.82, 2.24) is 10.6 Å². The Kier molecular flexibility index (Phi) is 5.99. The Morgan fingerprint density at radius 1 is 1.20 bits per heavy atom. The van der Waals surface area contributed by atoms with E-state index in [1.807, 2.05) is 12.1 Å². The Morgan fingerprint density at radius 2 is 1.80 bits per heavy atom. The van der Waals surface area contributed by atoms with Crippen molar-refractivity contribution in [3.8, 4) is 5.75 Å². The maximum Gasteiger partial charge on any atom is 0.309 e. The third kappa shape index (κ3) is 4.89. The van der Waals surface area contributed by atoms with E-state index in [0.29, 0.717) is 0 Å². The third-order valence-electron chi connectivity index (χ3n) is 2.73. The highest BCUT2D eigenvalue weighted by atomic mass is 16.5. The first-order valence-corrected chi connectivity index (χ1v) is 6.34. The number of aliphatic hydroxyl groups is 1. The lowest BCUT2D eigenvalue weighted by molar-refractivity contribution is -0.139. The number of carbonyl (C=O) groups excluding carboxylic acids is 2. The van der Waals surface area contributed by atoms with Gasteiger partial charge in [-0.3, -0.25) is 9.59 Å². The van der Waals surface area contributed by atoms with Crippen LogP contribution in [0, 0.1) is 0 Å². The Balaban J connectivity index is 2.53. The molecule has 0 heterocycles. The molecule has 6 heteroatoms. The van der Waals surface area contributed by atoms with Crippen molar-refractivity contribution in [2.24, 2.45) is 0 Å². The highest BCUT2D eigenvalue weighted by Crippen LogP contribution is 2.16. The van der Waals surface area contributed by atoms with Gasteiger partial charge in [0.2, 0.25) is 0 Å². The second kappa shape index (κ2) is 7.49. The second-order valence-corrected chi connectivity index (χ2v) is 4.53. The predicted molar refractivity (Wildman–Crippen MR) is 74.2 cm³/mol. The Bertz CT molecular complexity index is 457. The Labute approximate surface area is 118 Å². The van der Waals surface area contributed by atoms with Crippen molar-refractivity contribution in [3.05, 3.63) is 29.8 Å². The van der Waals surface area contributed by atoms with Crippen LogP contribution >= 0.6 is 0 Å². The van der Waals surface area contributed by atoms with E-state index in [4.69, 9.17) is 9.84 Å². The molecule has 2 atom stereocenters. The number of ether oxygens (including phenoxy) is 1. The number of hydrogen-bond acceptors (Lipinski definition) is 4. The number of benzene rings is 1. The molecule has 110 valence electrons. The lowest BCUT2D eigenvalue weighted by Crippen LogP contribution is -2.43. The maximum atomic E-state index is 11.6. The summed E-state index contributed by atoms with van der Waals surface area (Å²) in [5, 5.41) is 14.0. The van der Waals surface area contributed by atoms with Gasteiger partial charge in [0, 0.05) is 6.54 Å². The molecule has 1 aromatic rings. The molecule has 0 spiro atoms. The summed E-state index contributed by atoms with van der Waals surface area (Å²) in [5.41, 5.74) is 0.863. The van der Waals surface area contributed by atoms with Crippen LogP contribution in [0.25, 0.3) is 0 Å². The van der Waals surface area contributed by atoms with E-state index < -0.39 is 17.9 Å². The molecule has 2 unspecified atom stereocenters. The van der Waals surface area contributed by atoms with Crippen molar-refractivity contribution in [3.63, 3.8) is 0 Å².